The lowest BCUT2D eigenvalue weighted by molar-refractivity contribution is 0.112. The smallest absolute Gasteiger partial charge is 0.150 e. The number of aryl methyl sites for hydroxylation is 1. The van der Waals surface area contributed by atoms with E-state index in [0.29, 0.717) is 5.56 Å². The largest absolute Gasteiger partial charge is 0.508 e. The summed E-state index contributed by atoms with van der Waals surface area (Å²) >= 11 is 0. The van der Waals surface area contributed by atoms with Gasteiger partial charge in [-0.15, -0.1) is 0 Å². The number of benzene rings is 1. The molecule has 0 saturated carbocycles. The van der Waals surface area contributed by atoms with Crippen LogP contribution in [0.1, 0.15) is 35.7 Å². The van der Waals surface area contributed by atoms with Crippen molar-refractivity contribution in [2.75, 3.05) is 0 Å². The van der Waals surface area contributed by atoms with E-state index in [-0.39, 0.29) is 5.75 Å². The summed E-state index contributed by atoms with van der Waals surface area (Å²) < 4.78 is 0. The Morgan fingerprint density at radius 2 is 2.23 bits per heavy atom. The summed E-state index contributed by atoms with van der Waals surface area (Å²) in [6.07, 6.45) is 3.89. The average molecular weight is 178 g/mol. The molecule has 1 rings (SSSR count). The SMILES string of the molecule is CCCCc1ccc(O)cc1C=O. The van der Waals surface area contributed by atoms with E-state index in [1.165, 1.54) is 6.07 Å². The first-order valence-electron chi connectivity index (χ1n) is 4.55. The normalized spacial score (nSPS) is 9.92. The van der Waals surface area contributed by atoms with Crippen molar-refractivity contribution in [3.63, 3.8) is 0 Å². The van der Waals surface area contributed by atoms with Gasteiger partial charge in [-0.25, -0.2) is 0 Å². The Kier molecular flexibility index (Phi) is 3.50. The number of unbranched alkanes of at least 4 members (excludes halogenated alkanes) is 1. The van der Waals surface area contributed by atoms with Crippen LogP contribution >= 0.6 is 0 Å². The molecular weight excluding hydrogens is 164 g/mol. The highest BCUT2D eigenvalue weighted by Crippen LogP contribution is 2.16. The fourth-order valence-electron chi connectivity index (χ4n) is 1.29. The van der Waals surface area contributed by atoms with E-state index >= 15 is 0 Å². The Hall–Kier alpha value is -1.31. The second kappa shape index (κ2) is 4.65. The quantitative estimate of drug-likeness (QED) is 0.719. The van der Waals surface area contributed by atoms with Crippen LogP contribution in [0.25, 0.3) is 0 Å². The van der Waals surface area contributed by atoms with E-state index in [1.807, 2.05) is 6.07 Å². The van der Waals surface area contributed by atoms with Crippen LogP contribution in [0.4, 0.5) is 0 Å². The molecule has 0 aliphatic carbocycles. The molecule has 0 unspecified atom stereocenters. The Labute approximate surface area is 78.2 Å². The monoisotopic (exact) mass is 178 g/mol. The van der Waals surface area contributed by atoms with E-state index in [2.05, 4.69) is 6.92 Å². The Morgan fingerprint density at radius 3 is 2.85 bits per heavy atom. The van der Waals surface area contributed by atoms with Crippen molar-refractivity contribution in [3.8, 4) is 5.75 Å². The summed E-state index contributed by atoms with van der Waals surface area (Å²) in [6.45, 7) is 2.11. The number of phenolic OH excluding ortho intramolecular Hbond substituents is 1. The minimum atomic E-state index is 0.155. The minimum Gasteiger partial charge on any atom is -0.508 e. The van der Waals surface area contributed by atoms with E-state index < -0.39 is 0 Å². The third kappa shape index (κ3) is 2.58. The van der Waals surface area contributed by atoms with Gasteiger partial charge in [-0.1, -0.05) is 19.4 Å². The molecule has 0 fully saturated rings. The highest BCUT2D eigenvalue weighted by atomic mass is 16.3. The highest BCUT2D eigenvalue weighted by Gasteiger charge is 2.01. The van der Waals surface area contributed by atoms with Gasteiger partial charge >= 0.3 is 0 Å². The number of aldehydes is 1. The van der Waals surface area contributed by atoms with Gasteiger partial charge in [0.05, 0.1) is 0 Å². The van der Waals surface area contributed by atoms with Gasteiger partial charge in [0.2, 0.25) is 0 Å². The zero-order valence-corrected chi connectivity index (χ0v) is 7.79. The number of rotatable bonds is 4. The van der Waals surface area contributed by atoms with E-state index in [4.69, 9.17) is 5.11 Å². The number of carbonyl (C=O) groups is 1. The lowest BCUT2D eigenvalue weighted by Crippen LogP contribution is -1.92. The van der Waals surface area contributed by atoms with Crippen LogP contribution in [0.5, 0.6) is 5.75 Å². The molecule has 70 valence electrons. The predicted molar refractivity (Wildman–Crippen MR) is 52.1 cm³/mol. The van der Waals surface area contributed by atoms with Crippen molar-refractivity contribution < 1.29 is 9.90 Å². The molecule has 1 aromatic carbocycles. The molecule has 0 saturated heterocycles. The third-order valence-corrected chi connectivity index (χ3v) is 2.06. The molecule has 0 amide bonds. The molecule has 0 spiro atoms. The predicted octanol–water partition coefficient (Wildman–Crippen LogP) is 2.55. The summed E-state index contributed by atoms with van der Waals surface area (Å²) in [4.78, 5) is 10.6. The molecule has 0 radical (unpaired) electrons. The van der Waals surface area contributed by atoms with Gasteiger partial charge in [0.25, 0.3) is 0 Å². The van der Waals surface area contributed by atoms with Crippen LogP contribution in [-0.2, 0) is 6.42 Å². The second-order valence-corrected chi connectivity index (χ2v) is 3.10. The minimum absolute atomic E-state index is 0.155. The van der Waals surface area contributed by atoms with Gasteiger partial charge in [-0.2, -0.15) is 0 Å². The van der Waals surface area contributed by atoms with Crippen LogP contribution in [0.3, 0.4) is 0 Å². The molecule has 2 heteroatoms. The van der Waals surface area contributed by atoms with E-state index in [9.17, 15) is 4.79 Å². The zero-order valence-electron chi connectivity index (χ0n) is 7.79. The molecule has 0 heterocycles. The van der Waals surface area contributed by atoms with Gasteiger partial charge in [0.1, 0.15) is 12.0 Å². The number of hydrogen-bond donors (Lipinski definition) is 1. The number of hydrogen-bond acceptors (Lipinski definition) is 2. The maximum Gasteiger partial charge on any atom is 0.150 e. The first-order chi connectivity index (χ1) is 6.27. The molecule has 1 N–H and O–H groups in total. The number of phenols is 1. The van der Waals surface area contributed by atoms with Gasteiger partial charge < -0.3 is 5.11 Å². The summed E-state index contributed by atoms with van der Waals surface area (Å²) in [5, 5.41) is 9.14. The van der Waals surface area contributed by atoms with Crippen LogP contribution < -0.4 is 0 Å². The van der Waals surface area contributed by atoms with E-state index in [0.717, 1.165) is 31.1 Å². The molecule has 2 nitrogen and oxygen atoms in total. The van der Waals surface area contributed by atoms with Crippen LogP contribution in [0.2, 0.25) is 0 Å². The Bertz CT molecular complexity index is 292. The lowest BCUT2D eigenvalue weighted by Gasteiger charge is -2.03. The first kappa shape index (κ1) is 9.78. The van der Waals surface area contributed by atoms with Crippen molar-refractivity contribution in [2.24, 2.45) is 0 Å². The maximum atomic E-state index is 10.6. The molecule has 13 heavy (non-hydrogen) atoms. The Morgan fingerprint density at radius 1 is 1.46 bits per heavy atom. The Balaban J connectivity index is 2.86. The molecule has 0 aliphatic rings. The van der Waals surface area contributed by atoms with E-state index in [1.54, 1.807) is 6.07 Å². The van der Waals surface area contributed by atoms with Gasteiger partial charge in [0, 0.05) is 5.56 Å². The lowest BCUT2D eigenvalue weighted by atomic mass is 10.0. The molecule has 0 atom stereocenters. The number of aromatic hydroxyl groups is 1. The van der Waals surface area contributed by atoms with Gasteiger partial charge in [-0.3, -0.25) is 4.79 Å². The fraction of sp³-hybridized carbons (Fsp3) is 0.364. The van der Waals surface area contributed by atoms with Gasteiger partial charge in [-0.05, 0) is 30.5 Å². The summed E-state index contributed by atoms with van der Waals surface area (Å²) in [7, 11) is 0. The van der Waals surface area contributed by atoms with Gasteiger partial charge in [0.15, 0.2) is 0 Å². The third-order valence-electron chi connectivity index (χ3n) is 2.06. The topological polar surface area (TPSA) is 37.3 Å². The van der Waals surface area contributed by atoms with Crippen molar-refractivity contribution in [1.82, 2.24) is 0 Å². The fourth-order valence-corrected chi connectivity index (χ4v) is 1.29. The van der Waals surface area contributed by atoms with Crippen molar-refractivity contribution in [3.05, 3.63) is 29.3 Å². The highest BCUT2D eigenvalue weighted by molar-refractivity contribution is 5.78. The van der Waals surface area contributed by atoms with Crippen LogP contribution in [-0.4, -0.2) is 11.4 Å². The summed E-state index contributed by atoms with van der Waals surface area (Å²) in [5.74, 6) is 0.155. The molecule has 1 aromatic rings. The molecule has 0 bridgehead atoms. The van der Waals surface area contributed by atoms with Crippen molar-refractivity contribution >= 4 is 6.29 Å². The second-order valence-electron chi connectivity index (χ2n) is 3.10. The maximum absolute atomic E-state index is 10.6. The average Bonchev–Trinajstić information content (AvgIpc) is 2.16. The molecular formula is C11H14O2. The molecule has 0 aliphatic heterocycles. The number of carbonyl (C=O) groups excluding carboxylic acids is 1. The van der Waals surface area contributed by atoms with Crippen molar-refractivity contribution in [2.45, 2.75) is 26.2 Å². The van der Waals surface area contributed by atoms with Crippen LogP contribution in [0.15, 0.2) is 18.2 Å². The van der Waals surface area contributed by atoms with Crippen molar-refractivity contribution in [1.29, 1.82) is 0 Å². The zero-order chi connectivity index (χ0) is 9.68. The van der Waals surface area contributed by atoms with Crippen LogP contribution in [0, 0.1) is 0 Å². The summed E-state index contributed by atoms with van der Waals surface area (Å²) in [6, 6.07) is 4.95. The molecule has 0 aromatic heterocycles. The summed E-state index contributed by atoms with van der Waals surface area (Å²) in [5.41, 5.74) is 1.63. The standard InChI is InChI=1S/C11H14O2/c1-2-3-4-9-5-6-11(13)7-10(9)8-12/h5-8,13H,2-4H2,1H3. The first-order valence-corrected chi connectivity index (χ1v) is 4.55.